The van der Waals surface area contributed by atoms with Crippen LogP contribution in [0.25, 0.3) is 0 Å². The Morgan fingerprint density at radius 2 is 1.12 bits per heavy atom. The largest absolute Gasteiger partial charge is 0.396 e. The Hall–Kier alpha value is -0.160. The molecule has 2 fully saturated rings. The van der Waals surface area contributed by atoms with Crippen LogP contribution in [0.3, 0.4) is 0 Å². The fourth-order valence-electron chi connectivity index (χ4n) is 1.60. The van der Waals surface area contributed by atoms with Crippen LogP contribution in [-0.4, -0.2) is 49.9 Å². The van der Waals surface area contributed by atoms with Crippen molar-refractivity contribution in [2.45, 2.75) is 26.7 Å². The van der Waals surface area contributed by atoms with E-state index in [1.807, 2.05) is 0 Å². The molecular formula is C12H24O4. The molecule has 96 valence electrons. The monoisotopic (exact) mass is 232 g/mol. The maximum Gasteiger partial charge on any atom is 0.0566 e. The Bertz CT molecular complexity index is 148. The van der Waals surface area contributed by atoms with Gasteiger partial charge in [0, 0.05) is 10.8 Å². The second-order valence-electron chi connectivity index (χ2n) is 5.01. The lowest BCUT2D eigenvalue weighted by Gasteiger charge is -2.38. The van der Waals surface area contributed by atoms with E-state index < -0.39 is 0 Å². The summed E-state index contributed by atoms with van der Waals surface area (Å²) in [5.74, 6) is 0. The first kappa shape index (κ1) is 13.9. The van der Waals surface area contributed by atoms with Gasteiger partial charge in [-0.25, -0.2) is 0 Å². The zero-order valence-electron chi connectivity index (χ0n) is 10.4. The highest BCUT2D eigenvalue weighted by atomic mass is 16.5. The highest BCUT2D eigenvalue weighted by Crippen LogP contribution is 2.30. The average molecular weight is 232 g/mol. The van der Waals surface area contributed by atoms with Gasteiger partial charge in [0.15, 0.2) is 0 Å². The molecule has 0 unspecified atom stereocenters. The van der Waals surface area contributed by atoms with Crippen LogP contribution in [0.5, 0.6) is 0 Å². The fraction of sp³-hybridized carbons (Fsp3) is 1.00. The van der Waals surface area contributed by atoms with Crippen molar-refractivity contribution in [1.82, 2.24) is 0 Å². The van der Waals surface area contributed by atoms with Gasteiger partial charge in [-0.1, -0.05) is 13.8 Å². The van der Waals surface area contributed by atoms with Crippen molar-refractivity contribution in [3.05, 3.63) is 0 Å². The third-order valence-electron chi connectivity index (χ3n) is 3.80. The fourth-order valence-corrected chi connectivity index (χ4v) is 1.60. The summed E-state index contributed by atoms with van der Waals surface area (Å²) in [6.07, 6.45) is 2.06. The molecular weight excluding hydrogens is 208 g/mol. The molecule has 2 rings (SSSR count). The molecule has 0 aromatic carbocycles. The van der Waals surface area contributed by atoms with E-state index in [0.717, 1.165) is 39.3 Å². The summed E-state index contributed by atoms with van der Waals surface area (Å²) >= 11 is 0. The standard InChI is InChI=1S/2C6H12O2/c2*1-2-6(3-7)4-8-5-6/h2*7H,2-5H2,1H3. The summed E-state index contributed by atoms with van der Waals surface area (Å²) in [5.41, 5.74) is 0.278. The molecule has 16 heavy (non-hydrogen) atoms. The van der Waals surface area contributed by atoms with Gasteiger partial charge in [-0.15, -0.1) is 0 Å². The minimum atomic E-state index is 0.139. The number of aliphatic hydroxyl groups is 2. The summed E-state index contributed by atoms with van der Waals surface area (Å²) in [4.78, 5) is 0. The topological polar surface area (TPSA) is 58.9 Å². The third kappa shape index (κ3) is 2.94. The van der Waals surface area contributed by atoms with Crippen molar-refractivity contribution in [1.29, 1.82) is 0 Å². The van der Waals surface area contributed by atoms with E-state index in [0.29, 0.717) is 0 Å². The lowest BCUT2D eigenvalue weighted by molar-refractivity contribution is -0.138. The molecule has 4 heteroatoms. The van der Waals surface area contributed by atoms with Crippen LogP contribution < -0.4 is 0 Å². The first-order valence-corrected chi connectivity index (χ1v) is 6.03. The summed E-state index contributed by atoms with van der Waals surface area (Å²) in [6.45, 7) is 7.73. The molecule has 0 bridgehead atoms. The van der Waals surface area contributed by atoms with Crippen LogP contribution in [-0.2, 0) is 9.47 Å². The summed E-state index contributed by atoms with van der Waals surface area (Å²) in [7, 11) is 0. The van der Waals surface area contributed by atoms with E-state index in [4.69, 9.17) is 19.7 Å². The van der Waals surface area contributed by atoms with Crippen molar-refractivity contribution >= 4 is 0 Å². The first-order chi connectivity index (χ1) is 7.66. The van der Waals surface area contributed by atoms with Gasteiger partial charge in [0.25, 0.3) is 0 Å². The zero-order chi connectivity index (χ0) is 12.1. The first-order valence-electron chi connectivity index (χ1n) is 6.03. The van der Waals surface area contributed by atoms with Crippen LogP contribution in [0.4, 0.5) is 0 Å². The number of aliphatic hydroxyl groups excluding tert-OH is 2. The molecule has 0 aromatic rings. The Morgan fingerprint density at radius 3 is 1.12 bits per heavy atom. The normalized spacial score (nSPS) is 24.8. The Morgan fingerprint density at radius 1 is 0.812 bits per heavy atom. The van der Waals surface area contributed by atoms with Crippen LogP contribution >= 0.6 is 0 Å². The minimum absolute atomic E-state index is 0.139. The molecule has 0 saturated carbocycles. The van der Waals surface area contributed by atoms with Crippen LogP contribution in [0.1, 0.15) is 26.7 Å². The van der Waals surface area contributed by atoms with Crippen molar-refractivity contribution in [2.75, 3.05) is 39.6 Å². The predicted molar refractivity (Wildman–Crippen MR) is 61.3 cm³/mol. The SMILES string of the molecule is CCC1(CO)COC1.CCC1(CO)COC1. The summed E-state index contributed by atoms with van der Waals surface area (Å²) < 4.78 is 9.92. The van der Waals surface area contributed by atoms with E-state index in [-0.39, 0.29) is 24.0 Å². The van der Waals surface area contributed by atoms with Gasteiger partial charge in [0.2, 0.25) is 0 Å². The molecule has 4 nitrogen and oxygen atoms in total. The Labute approximate surface area is 97.6 Å². The van der Waals surface area contributed by atoms with Gasteiger partial charge < -0.3 is 19.7 Å². The molecule has 0 aliphatic carbocycles. The molecule has 0 amide bonds. The number of ether oxygens (including phenoxy) is 2. The van der Waals surface area contributed by atoms with Crippen molar-refractivity contribution in [2.24, 2.45) is 10.8 Å². The molecule has 2 saturated heterocycles. The molecule has 0 atom stereocenters. The highest BCUT2D eigenvalue weighted by Gasteiger charge is 2.36. The van der Waals surface area contributed by atoms with E-state index in [1.165, 1.54) is 0 Å². The molecule has 2 heterocycles. The Balaban J connectivity index is 0.000000160. The van der Waals surface area contributed by atoms with Crippen LogP contribution in [0.2, 0.25) is 0 Å². The van der Waals surface area contributed by atoms with Gasteiger partial charge in [0.1, 0.15) is 0 Å². The van der Waals surface area contributed by atoms with E-state index in [2.05, 4.69) is 13.8 Å². The quantitative estimate of drug-likeness (QED) is 0.753. The predicted octanol–water partition coefficient (Wildman–Crippen LogP) is 0.811. The lowest BCUT2D eigenvalue weighted by atomic mass is 9.84. The second-order valence-corrected chi connectivity index (χ2v) is 5.01. The Kier molecular flexibility index (Phi) is 5.18. The number of hydrogen-bond acceptors (Lipinski definition) is 4. The van der Waals surface area contributed by atoms with Crippen molar-refractivity contribution in [3.63, 3.8) is 0 Å². The van der Waals surface area contributed by atoms with E-state index in [9.17, 15) is 0 Å². The minimum Gasteiger partial charge on any atom is -0.396 e. The van der Waals surface area contributed by atoms with Gasteiger partial charge in [0.05, 0.1) is 39.6 Å². The molecule has 2 aliphatic heterocycles. The van der Waals surface area contributed by atoms with Crippen molar-refractivity contribution in [3.8, 4) is 0 Å². The number of rotatable bonds is 4. The summed E-state index contributed by atoms with van der Waals surface area (Å²) in [5, 5.41) is 17.5. The molecule has 0 radical (unpaired) electrons. The van der Waals surface area contributed by atoms with Gasteiger partial charge in [-0.3, -0.25) is 0 Å². The smallest absolute Gasteiger partial charge is 0.0566 e. The van der Waals surface area contributed by atoms with Crippen LogP contribution in [0.15, 0.2) is 0 Å². The average Bonchev–Trinajstić information content (AvgIpc) is 2.19. The number of hydrogen-bond donors (Lipinski definition) is 2. The maximum absolute atomic E-state index is 8.76. The molecule has 0 aromatic heterocycles. The van der Waals surface area contributed by atoms with Gasteiger partial charge >= 0.3 is 0 Å². The summed E-state index contributed by atoms with van der Waals surface area (Å²) in [6, 6.07) is 0. The maximum atomic E-state index is 8.76. The lowest BCUT2D eigenvalue weighted by Crippen LogP contribution is -2.44. The zero-order valence-corrected chi connectivity index (χ0v) is 10.4. The van der Waals surface area contributed by atoms with Crippen LogP contribution in [0, 0.1) is 10.8 Å². The van der Waals surface area contributed by atoms with Gasteiger partial charge in [-0.05, 0) is 12.8 Å². The third-order valence-corrected chi connectivity index (χ3v) is 3.80. The second kappa shape index (κ2) is 5.96. The van der Waals surface area contributed by atoms with E-state index >= 15 is 0 Å². The van der Waals surface area contributed by atoms with Crippen molar-refractivity contribution < 1.29 is 19.7 Å². The van der Waals surface area contributed by atoms with Gasteiger partial charge in [-0.2, -0.15) is 0 Å². The molecule has 0 spiro atoms. The highest BCUT2D eigenvalue weighted by molar-refractivity contribution is 4.83. The molecule has 2 aliphatic rings. The molecule has 2 N–H and O–H groups in total. The van der Waals surface area contributed by atoms with E-state index in [1.54, 1.807) is 0 Å².